The number of aliphatic carboxylic acids is 1. The third kappa shape index (κ3) is 4.06. The van der Waals surface area contributed by atoms with Crippen molar-refractivity contribution in [1.29, 1.82) is 0 Å². The number of carbonyl (C=O) groups is 2. The van der Waals surface area contributed by atoms with Gasteiger partial charge in [0.2, 0.25) is 5.91 Å². The number of ether oxygens (including phenoxy) is 1. The summed E-state index contributed by atoms with van der Waals surface area (Å²) in [5, 5.41) is 11.8. The lowest BCUT2D eigenvalue weighted by Gasteiger charge is -2.22. The lowest BCUT2D eigenvalue weighted by atomic mass is 9.96. The molecule has 1 atom stereocenters. The van der Waals surface area contributed by atoms with Gasteiger partial charge in [-0.05, 0) is 24.3 Å². The highest BCUT2D eigenvalue weighted by molar-refractivity contribution is 5.84. The smallest absolute Gasteiger partial charge is 0.330 e. The first-order valence-electron chi connectivity index (χ1n) is 6.81. The molecule has 0 bridgehead atoms. The van der Waals surface area contributed by atoms with Crippen molar-refractivity contribution < 1.29 is 19.4 Å². The van der Waals surface area contributed by atoms with E-state index in [4.69, 9.17) is 4.74 Å². The van der Waals surface area contributed by atoms with Crippen molar-refractivity contribution in [3.63, 3.8) is 0 Å². The normalized spacial score (nSPS) is 17.4. The van der Waals surface area contributed by atoms with Gasteiger partial charge < -0.3 is 15.2 Å². The molecular weight excluding hydrogens is 258 g/mol. The quantitative estimate of drug-likeness (QED) is 0.859. The van der Waals surface area contributed by atoms with Gasteiger partial charge in [0.1, 0.15) is 0 Å². The van der Waals surface area contributed by atoms with Gasteiger partial charge in [0.15, 0.2) is 6.04 Å². The fourth-order valence-corrected chi connectivity index (χ4v) is 2.37. The molecule has 1 fully saturated rings. The van der Waals surface area contributed by atoms with Gasteiger partial charge in [-0.2, -0.15) is 0 Å². The van der Waals surface area contributed by atoms with Crippen LogP contribution in [0.4, 0.5) is 0 Å². The molecule has 1 aromatic carbocycles. The van der Waals surface area contributed by atoms with Crippen molar-refractivity contribution in [1.82, 2.24) is 5.32 Å². The maximum absolute atomic E-state index is 12.0. The Bertz CT molecular complexity index is 454. The van der Waals surface area contributed by atoms with Gasteiger partial charge in [0.05, 0.1) is 0 Å². The van der Waals surface area contributed by atoms with Gasteiger partial charge in [-0.1, -0.05) is 30.3 Å². The molecule has 5 heteroatoms. The van der Waals surface area contributed by atoms with E-state index in [-0.39, 0.29) is 11.8 Å². The van der Waals surface area contributed by atoms with E-state index in [0.29, 0.717) is 25.2 Å². The average molecular weight is 277 g/mol. The zero-order valence-corrected chi connectivity index (χ0v) is 11.2. The van der Waals surface area contributed by atoms with Crippen LogP contribution in [0.3, 0.4) is 0 Å². The molecule has 20 heavy (non-hydrogen) atoms. The lowest BCUT2D eigenvalue weighted by molar-refractivity contribution is -0.142. The van der Waals surface area contributed by atoms with Crippen LogP contribution in [0, 0.1) is 5.92 Å². The van der Waals surface area contributed by atoms with Crippen molar-refractivity contribution in [3.05, 3.63) is 35.9 Å². The maximum Gasteiger partial charge on any atom is 0.330 e. The summed E-state index contributed by atoms with van der Waals surface area (Å²) in [6.45, 7) is 1.36. The highest BCUT2D eigenvalue weighted by Gasteiger charge is 2.24. The summed E-state index contributed by atoms with van der Waals surface area (Å²) < 4.78 is 5.24. The minimum absolute atomic E-state index is 0.215. The predicted octanol–water partition coefficient (Wildman–Crippen LogP) is 1.75. The molecule has 1 aliphatic rings. The molecule has 1 aliphatic heterocycles. The molecule has 0 aromatic heterocycles. The molecule has 2 N–H and O–H groups in total. The maximum atomic E-state index is 12.0. The zero-order chi connectivity index (χ0) is 14.4. The van der Waals surface area contributed by atoms with Gasteiger partial charge in [-0.15, -0.1) is 0 Å². The Morgan fingerprint density at radius 3 is 2.50 bits per heavy atom. The van der Waals surface area contributed by atoms with Gasteiger partial charge in [-0.25, -0.2) is 4.79 Å². The van der Waals surface area contributed by atoms with Crippen LogP contribution in [0.1, 0.15) is 30.9 Å². The molecule has 1 aromatic rings. The Morgan fingerprint density at radius 2 is 1.90 bits per heavy atom. The van der Waals surface area contributed by atoms with E-state index in [0.717, 1.165) is 12.8 Å². The lowest BCUT2D eigenvalue weighted by Crippen LogP contribution is -2.35. The van der Waals surface area contributed by atoms with E-state index in [1.165, 1.54) is 0 Å². The zero-order valence-electron chi connectivity index (χ0n) is 11.2. The highest BCUT2D eigenvalue weighted by atomic mass is 16.5. The van der Waals surface area contributed by atoms with Crippen LogP contribution in [-0.4, -0.2) is 30.2 Å². The first-order valence-corrected chi connectivity index (χ1v) is 6.81. The summed E-state index contributed by atoms with van der Waals surface area (Å²) in [6.07, 6.45) is 2.08. The second-order valence-corrected chi connectivity index (χ2v) is 5.01. The number of rotatable bonds is 5. The number of carboxylic acids is 1. The Kier molecular flexibility index (Phi) is 5.12. The Balaban J connectivity index is 1.94. The van der Waals surface area contributed by atoms with Crippen LogP contribution >= 0.6 is 0 Å². The number of carboxylic acid groups (broad SMARTS) is 1. The van der Waals surface area contributed by atoms with Gasteiger partial charge in [0, 0.05) is 19.6 Å². The van der Waals surface area contributed by atoms with E-state index < -0.39 is 12.0 Å². The topological polar surface area (TPSA) is 75.6 Å². The third-order valence-corrected chi connectivity index (χ3v) is 3.50. The minimum Gasteiger partial charge on any atom is -0.479 e. The molecule has 0 saturated carbocycles. The number of benzene rings is 1. The number of hydrogen-bond donors (Lipinski definition) is 2. The molecule has 108 valence electrons. The first kappa shape index (κ1) is 14.5. The van der Waals surface area contributed by atoms with Crippen LogP contribution in [0.2, 0.25) is 0 Å². The van der Waals surface area contributed by atoms with E-state index in [1.807, 2.05) is 6.07 Å². The van der Waals surface area contributed by atoms with E-state index in [1.54, 1.807) is 24.3 Å². The van der Waals surface area contributed by atoms with Crippen molar-refractivity contribution in [2.24, 2.45) is 5.92 Å². The van der Waals surface area contributed by atoms with Gasteiger partial charge in [-0.3, -0.25) is 4.79 Å². The monoisotopic (exact) mass is 277 g/mol. The third-order valence-electron chi connectivity index (χ3n) is 3.50. The molecule has 0 unspecified atom stereocenters. The number of nitrogens with one attached hydrogen (secondary N) is 1. The molecule has 0 spiro atoms. The molecule has 2 rings (SSSR count). The summed E-state index contributed by atoms with van der Waals surface area (Å²) in [7, 11) is 0. The van der Waals surface area contributed by atoms with Crippen LogP contribution < -0.4 is 5.32 Å². The largest absolute Gasteiger partial charge is 0.479 e. The Labute approximate surface area is 117 Å². The van der Waals surface area contributed by atoms with Crippen molar-refractivity contribution >= 4 is 11.9 Å². The molecule has 0 aliphatic carbocycles. The van der Waals surface area contributed by atoms with Crippen molar-refractivity contribution in [2.45, 2.75) is 25.3 Å². The fraction of sp³-hybridized carbons (Fsp3) is 0.467. The molecule has 1 heterocycles. The molecule has 0 radical (unpaired) electrons. The highest BCUT2D eigenvalue weighted by Crippen LogP contribution is 2.19. The molecular formula is C15H19NO4. The van der Waals surface area contributed by atoms with E-state index in [9.17, 15) is 14.7 Å². The van der Waals surface area contributed by atoms with E-state index >= 15 is 0 Å². The molecule has 1 amide bonds. The Morgan fingerprint density at radius 1 is 1.25 bits per heavy atom. The minimum atomic E-state index is -1.04. The second-order valence-electron chi connectivity index (χ2n) is 5.01. The average Bonchev–Trinajstić information content (AvgIpc) is 2.46. The number of carbonyl (C=O) groups excluding carboxylic acids is 1. The van der Waals surface area contributed by atoms with Crippen LogP contribution in [0.5, 0.6) is 0 Å². The van der Waals surface area contributed by atoms with E-state index in [2.05, 4.69) is 5.32 Å². The fourth-order valence-electron chi connectivity index (χ4n) is 2.37. The van der Waals surface area contributed by atoms with Crippen molar-refractivity contribution in [3.8, 4) is 0 Å². The number of hydrogen-bond acceptors (Lipinski definition) is 3. The predicted molar refractivity (Wildman–Crippen MR) is 73.1 cm³/mol. The molecule has 5 nitrogen and oxygen atoms in total. The summed E-state index contributed by atoms with van der Waals surface area (Å²) in [6, 6.07) is 7.75. The van der Waals surface area contributed by atoms with Crippen LogP contribution in [0.25, 0.3) is 0 Å². The number of amides is 1. The second kappa shape index (κ2) is 7.05. The summed E-state index contributed by atoms with van der Waals surface area (Å²) in [4.78, 5) is 23.3. The van der Waals surface area contributed by atoms with Crippen LogP contribution in [-0.2, 0) is 14.3 Å². The summed E-state index contributed by atoms with van der Waals surface area (Å²) in [5.41, 5.74) is 0.584. The summed E-state index contributed by atoms with van der Waals surface area (Å²) >= 11 is 0. The van der Waals surface area contributed by atoms with Crippen LogP contribution in [0.15, 0.2) is 30.3 Å². The molecule has 1 saturated heterocycles. The standard InChI is InChI=1S/C15H19NO4/c17-13(10-11-6-8-20-9-7-11)16-14(15(18)19)12-4-2-1-3-5-12/h1-5,11,14H,6-10H2,(H,16,17)(H,18,19)/t14-/m1/s1. The first-order chi connectivity index (χ1) is 9.66. The Hall–Kier alpha value is -1.88. The summed E-state index contributed by atoms with van der Waals surface area (Å²) in [5.74, 6) is -0.973. The SMILES string of the molecule is O=C(CC1CCOCC1)N[C@@H](C(=O)O)c1ccccc1. The van der Waals surface area contributed by atoms with Gasteiger partial charge in [0.25, 0.3) is 0 Å². The van der Waals surface area contributed by atoms with Gasteiger partial charge >= 0.3 is 5.97 Å². The van der Waals surface area contributed by atoms with Crippen molar-refractivity contribution in [2.75, 3.05) is 13.2 Å².